The summed E-state index contributed by atoms with van der Waals surface area (Å²) >= 11 is 0. The number of carbonyl (C=O) groups excluding carboxylic acids is 3. The van der Waals surface area contributed by atoms with E-state index in [2.05, 4.69) is 93.7 Å². The third-order valence-corrected chi connectivity index (χ3v) is 11.2. The molecule has 0 rings (SSSR count). The molecule has 0 aliphatic rings. The molecule has 6 nitrogen and oxygen atoms in total. The SMILES string of the molecule is CCCC/C=C\CCCCCCCC(=O)OC[C@H](COC(=O)CCC/C=C\C/C=C\C/C=C\C/C=C\CCCCC)OC(=O)CCCCCCCCC/C=C\CCCCCCCC. The lowest BCUT2D eigenvalue weighted by molar-refractivity contribution is -0.167. The molecule has 0 unspecified atom stereocenters. The fourth-order valence-corrected chi connectivity index (χ4v) is 7.12. The Labute approximate surface area is 389 Å². The van der Waals surface area contributed by atoms with E-state index in [1.54, 1.807) is 0 Å². The van der Waals surface area contributed by atoms with Crippen molar-refractivity contribution in [3.63, 3.8) is 0 Å². The van der Waals surface area contributed by atoms with E-state index in [-0.39, 0.29) is 37.5 Å². The number of esters is 3. The van der Waals surface area contributed by atoms with Crippen molar-refractivity contribution >= 4 is 17.9 Å². The molecule has 0 aliphatic heterocycles. The predicted octanol–water partition coefficient (Wildman–Crippen LogP) is 17.4. The van der Waals surface area contributed by atoms with Gasteiger partial charge in [-0.3, -0.25) is 14.4 Å². The minimum atomic E-state index is -0.802. The maximum absolute atomic E-state index is 12.8. The zero-order valence-corrected chi connectivity index (χ0v) is 41.3. The number of ether oxygens (including phenoxy) is 3. The Morgan fingerprint density at radius 3 is 1.05 bits per heavy atom. The maximum atomic E-state index is 12.8. The summed E-state index contributed by atoms with van der Waals surface area (Å²) in [6, 6.07) is 0. The van der Waals surface area contributed by atoms with Crippen molar-refractivity contribution < 1.29 is 28.6 Å². The average Bonchev–Trinajstić information content (AvgIpc) is 3.28. The van der Waals surface area contributed by atoms with Gasteiger partial charge in [-0.2, -0.15) is 0 Å². The van der Waals surface area contributed by atoms with Crippen LogP contribution in [0.2, 0.25) is 0 Å². The van der Waals surface area contributed by atoms with Gasteiger partial charge in [-0.15, -0.1) is 0 Å². The van der Waals surface area contributed by atoms with Gasteiger partial charge in [0.05, 0.1) is 0 Å². The highest BCUT2D eigenvalue weighted by Crippen LogP contribution is 2.14. The Morgan fingerprint density at radius 1 is 0.317 bits per heavy atom. The Balaban J connectivity index is 4.46. The van der Waals surface area contributed by atoms with E-state index in [1.807, 2.05) is 0 Å². The van der Waals surface area contributed by atoms with E-state index in [9.17, 15) is 14.4 Å². The van der Waals surface area contributed by atoms with E-state index in [4.69, 9.17) is 14.2 Å². The molecular formula is C57H98O6. The van der Waals surface area contributed by atoms with E-state index >= 15 is 0 Å². The molecule has 362 valence electrons. The van der Waals surface area contributed by atoms with Crippen LogP contribution in [0.1, 0.15) is 252 Å². The zero-order valence-electron chi connectivity index (χ0n) is 41.3. The molecule has 1 atom stereocenters. The molecule has 0 N–H and O–H groups in total. The first-order valence-corrected chi connectivity index (χ1v) is 26.4. The first-order chi connectivity index (χ1) is 31.0. The Morgan fingerprint density at radius 2 is 0.603 bits per heavy atom. The quantitative estimate of drug-likeness (QED) is 0.0262. The molecule has 0 spiro atoms. The third kappa shape index (κ3) is 49.7. The maximum Gasteiger partial charge on any atom is 0.306 e. The predicted molar refractivity (Wildman–Crippen MR) is 270 cm³/mol. The van der Waals surface area contributed by atoms with Crippen LogP contribution in [0, 0.1) is 0 Å². The van der Waals surface area contributed by atoms with Crippen molar-refractivity contribution in [2.24, 2.45) is 0 Å². The van der Waals surface area contributed by atoms with Crippen LogP contribution in [0.25, 0.3) is 0 Å². The molecular weight excluding hydrogens is 781 g/mol. The van der Waals surface area contributed by atoms with Gasteiger partial charge in [0.1, 0.15) is 13.2 Å². The summed E-state index contributed by atoms with van der Waals surface area (Å²) in [6.45, 7) is 6.51. The summed E-state index contributed by atoms with van der Waals surface area (Å²) in [5.74, 6) is -0.969. The number of hydrogen-bond donors (Lipinski definition) is 0. The highest BCUT2D eigenvalue weighted by Gasteiger charge is 2.19. The Kier molecular flexibility index (Phi) is 48.9. The van der Waals surface area contributed by atoms with Crippen molar-refractivity contribution in [3.05, 3.63) is 72.9 Å². The standard InChI is InChI=1S/C57H98O6/c1-4-7-10-13-16-19-22-24-26-28-30-32-35-38-41-44-47-50-56(59)62-53-54(52-61-55(58)49-46-43-40-37-34-21-18-15-12-9-6-3)63-57(60)51-48-45-42-39-36-33-31-29-27-25-23-20-17-14-11-8-5-2/h15-16,18-19,24-27,30,32,38,41,54H,4-14,17,20-23,28-29,31,33-37,39-40,42-53H2,1-3H3/b18-15-,19-16-,26-24-,27-25-,32-30-,41-38-/t54-/m1/s1. The van der Waals surface area contributed by atoms with Gasteiger partial charge in [-0.1, -0.05) is 203 Å². The molecule has 0 aromatic heterocycles. The molecule has 0 aliphatic carbocycles. The average molecular weight is 879 g/mol. The fraction of sp³-hybridized carbons (Fsp3) is 0.737. The van der Waals surface area contributed by atoms with Crippen molar-refractivity contribution in [3.8, 4) is 0 Å². The normalized spacial score (nSPS) is 12.6. The van der Waals surface area contributed by atoms with Crippen molar-refractivity contribution in [2.75, 3.05) is 13.2 Å². The lowest BCUT2D eigenvalue weighted by Gasteiger charge is -2.18. The van der Waals surface area contributed by atoms with Gasteiger partial charge in [-0.25, -0.2) is 0 Å². The zero-order chi connectivity index (χ0) is 45.8. The molecule has 0 aromatic rings. The largest absolute Gasteiger partial charge is 0.462 e. The van der Waals surface area contributed by atoms with Gasteiger partial charge >= 0.3 is 17.9 Å². The Hall–Kier alpha value is -3.15. The second kappa shape index (κ2) is 51.5. The first kappa shape index (κ1) is 59.9. The molecule has 6 heteroatoms. The molecule has 0 bridgehead atoms. The minimum Gasteiger partial charge on any atom is -0.462 e. The van der Waals surface area contributed by atoms with Crippen molar-refractivity contribution in [2.45, 2.75) is 258 Å². The molecule has 0 radical (unpaired) electrons. The van der Waals surface area contributed by atoms with Crippen molar-refractivity contribution in [1.29, 1.82) is 0 Å². The molecule has 0 heterocycles. The monoisotopic (exact) mass is 879 g/mol. The highest BCUT2D eigenvalue weighted by atomic mass is 16.6. The van der Waals surface area contributed by atoms with Gasteiger partial charge in [0.2, 0.25) is 0 Å². The lowest BCUT2D eigenvalue weighted by atomic mass is 10.1. The van der Waals surface area contributed by atoms with Gasteiger partial charge in [0.15, 0.2) is 6.10 Å². The van der Waals surface area contributed by atoms with Crippen LogP contribution in [0.3, 0.4) is 0 Å². The summed E-state index contributed by atoms with van der Waals surface area (Å²) in [5, 5.41) is 0. The van der Waals surface area contributed by atoms with E-state index < -0.39 is 6.10 Å². The van der Waals surface area contributed by atoms with Gasteiger partial charge in [-0.05, 0) is 103 Å². The Bertz CT molecular complexity index is 1190. The molecule has 0 saturated heterocycles. The molecule has 0 saturated carbocycles. The summed E-state index contributed by atoms with van der Waals surface area (Å²) in [6.07, 6.45) is 64.6. The second-order valence-electron chi connectivity index (χ2n) is 17.4. The molecule has 0 fully saturated rings. The number of carbonyl (C=O) groups is 3. The summed E-state index contributed by atoms with van der Waals surface area (Å²) in [5.41, 5.74) is 0. The molecule has 63 heavy (non-hydrogen) atoms. The number of hydrogen-bond acceptors (Lipinski definition) is 6. The number of unbranched alkanes of at least 4 members (excludes halogenated alkanes) is 24. The van der Waals surface area contributed by atoms with Crippen LogP contribution in [0.15, 0.2) is 72.9 Å². The second-order valence-corrected chi connectivity index (χ2v) is 17.4. The number of allylic oxidation sites excluding steroid dienone is 12. The molecule has 0 aromatic carbocycles. The third-order valence-electron chi connectivity index (χ3n) is 11.2. The van der Waals surface area contributed by atoms with Crippen molar-refractivity contribution in [1.82, 2.24) is 0 Å². The van der Waals surface area contributed by atoms with Crippen LogP contribution < -0.4 is 0 Å². The van der Waals surface area contributed by atoms with E-state index in [1.165, 1.54) is 128 Å². The fourth-order valence-electron chi connectivity index (χ4n) is 7.12. The summed E-state index contributed by atoms with van der Waals surface area (Å²) in [7, 11) is 0. The summed E-state index contributed by atoms with van der Waals surface area (Å²) < 4.78 is 16.7. The van der Waals surface area contributed by atoms with Crippen LogP contribution in [-0.2, 0) is 28.6 Å². The van der Waals surface area contributed by atoms with Gasteiger partial charge in [0, 0.05) is 19.3 Å². The minimum absolute atomic E-state index is 0.0985. The highest BCUT2D eigenvalue weighted by molar-refractivity contribution is 5.71. The van der Waals surface area contributed by atoms with Gasteiger partial charge in [0.25, 0.3) is 0 Å². The number of rotatable bonds is 47. The van der Waals surface area contributed by atoms with Crippen LogP contribution in [-0.4, -0.2) is 37.2 Å². The smallest absolute Gasteiger partial charge is 0.306 e. The molecule has 0 amide bonds. The topological polar surface area (TPSA) is 78.9 Å². The first-order valence-electron chi connectivity index (χ1n) is 26.4. The van der Waals surface area contributed by atoms with E-state index in [0.717, 1.165) is 77.0 Å². The van der Waals surface area contributed by atoms with Crippen LogP contribution >= 0.6 is 0 Å². The van der Waals surface area contributed by atoms with E-state index in [0.29, 0.717) is 19.3 Å². The van der Waals surface area contributed by atoms with Crippen LogP contribution in [0.4, 0.5) is 0 Å². The van der Waals surface area contributed by atoms with Crippen LogP contribution in [0.5, 0.6) is 0 Å². The van der Waals surface area contributed by atoms with Gasteiger partial charge < -0.3 is 14.2 Å². The summed E-state index contributed by atoms with van der Waals surface area (Å²) in [4.78, 5) is 37.9. The lowest BCUT2D eigenvalue weighted by Crippen LogP contribution is -2.30.